The first-order chi connectivity index (χ1) is 7.36. The van der Waals surface area contributed by atoms with E-state index in [9.17, 15) is 13.2 Å². The third-order valence-corrected chi connectivity index (χ3v) is 3.66. The second-order valence-electron chi connectivity index (χ2n) is 3.16. The van der Waals surface area contributed by atoms with Gasteiger partial charge in [0.2, 0.25) is 10.0 Å². The average molecular weight is 263 g/mol. The van der Waals surface area contributed by atoms with Crippen molar-refractivity contribution < 1.29 is 8.42 Å². The Balaban J connectivity index is 3.13. The number of H-pyrrole nitrogens is 1. The van der Waals surface area contributed by atoms with Crippen molar-refractivity contribution in [1.29, 1.82) is 0 Å². The molecule has 0 radical (unpaired) electrons. The first kappa shape index (κ1) is 13.0. The summed E-state index contributed by atoms with van der Waals surface area (Å²) in [7, 11) is -3.69. The van der Waals surface area contributed by atoms with Crippen LogP contribution in [0.5, 0.6) is 0 Å². The smallest absolute Gasteiger partial charge is 0.266 e. The number of nitrogens with one attached hydrogen (secondary N) is 2. The largest absolute Gasteiger partial charge is 0.326 e. The van der Waals surface area contributed by atoms with Gasteiger partial charge in [0.05, 0.1) is 4.90 Å². The molecule has 1 atom stereocenters. The molecule has 0 aromatic carbocycles. The Bertz CT molecular complexity index is 550. The van der Waals surface area contributed by atoms with Crippen LogP contribution in [0.1, 0.15) is 6.92 Å². The Kier molecular flexibility index (Phi) is 3.90. The van der Waals surface area contributed by atoms with Gasteiger partial charge in [0, 0.05) is 12.2 Å². The van der Waals surface area contributed by atoms with Crippen LogP contribution in [0.15, 0.2) is 34.6 Å². The van der Waals surface area contributed by atoms with Gasteiger partial charge in [-0.1, -0.05) is 17.7 Å². The molecule has 0 aliphatic rings. The molecular formula is C9H11ClN2O3S. The molecule has 88 valence electrons. The Morgan fingerprint density at radius 2 is 2.25 bits per heavy atom. The summed E-state index contributed by atoms with van der Waals surface area (Å²) in [5, 5.41) is -0.172. The molecule has 16 heavy (non-hydrogen) atoms. The first-order valence-corrected chi connectivity index (χ1v) is 6.26. The molecule has 0 aliphatic heterocycles. The van der Waals surface area contributed by atoms with E-state index in [4.69, 9.17) is 11.6 Å². The maximum absolute atomic E-state index is 11.7. The normalized spacial score (nSPS) is 13.4. The lowest BCUT2D eigenvalue weighted by molar-refractivity contribution is 0.575. The van der Waals surface area contributed by atoms with E-state index in [2.05, 4.69) is 16.3 Å². The SMILES string of the molecule is C=CC(C)NS(=O)(=O)c1c[nH]c(=O)c(Cl)c1. The number of hydrogen-bond donors (Lipinski definition) is 2. The summed E-state index contributed by atoms with van der Waals surface area (Å²) >= 11 is 5.53. The van der Waals surface area contributed by atoms with Crippen LogP contribution in [0, 0.1) is 0 Å². The van der Waals surface area contributed by atoms with Gasteiger partial charge >= 0.3 is 0 Å². The zero-order chi connectivity index (χ0) is 12.3. The maximum atomic E-state index is 11.7. The number of hydrogen-bond acceptors (Lipinski definition) is 3. The van der Waals surface area contributed by atoms with Crippen molar-refractivity contribution in [2.24, 2.45) is 0 Å². The second-order valence-corrected chi connectivity index (χ2v) is 5.28. The van der Waals surface area contributed by atoms with Crippen molar-refractivity contribution in [3.8, 4) is 0 Å². The van der Waals surface area contributed by atoms with Crippen molar-refractivity contribution in [2.75, 3.05) is 0 Å². The molecule has 1 aromatic heterocycles. The molecule has 1 rings (SSSR count). The zero-order valence-corrected chi connectivity index (χ0v) is 10.1. The molecule has 0 spiro atoms. The molecule has 1 heterocycles. The topological polar surface area (TPSA) is 79.0 Å². The molecule has 0 saturated carbocycles. The quantitative estimate of drug-likeness (QED) is 0.791. The van der Waals surface area contributed by atoms with E-state index in [1.165, 1.54) is 6.08 Å². The third kappa shape index (κ3) is 2.94. The summed E-state index contributed by atoms with van der Waals surface area (Å²) < 4.78 is 25.8. The van der Waals surface area contributed by atoms with Crippen LogP contribution in [0.4, 0.5) is 0 Å². The summed E-state index contributed by atoms with van der Waals surface area (Å²) in [5.74, 6) is 0. The van der Waals surface area contributed by atoms with Crippen LogP contribution in [0.3, 0.4) is 0 Å². The fourth-order valence-electron chi connectivity index (χ4n) is 0.954. The highest BCUT2D eigenvalue weighted by molar-refractivity contribution is 7.89. The van der Waals surface area contributed by atoms with Crippen molar-refractivity contribution in [3.63, 3.8) is 0 Å². The summed E-state index contributed by atoms with van der Waals surface area (Å²) in [4.78, 5) is 13.1. The molecule has 7 heteroatoms. The molecular weight excluding hydrogens is 252 g/mol. The Morgan fingerprint density at radius 3 is 2.75 bits per heavy atom. The van der Waals surface area contributed by atoms with Crippen LogP contribution in [-0.2, 0) is 10.0 Å². The van der Waals surface area contributed by atoms with E-state index < -0.39 is 21.6 Å². The van der Waals surface area contributed by atoms with Crippen molar-refractivity contribution in [3.05, 3.63) is 40.3 Å². The molecule has 0 bridgehead atoms. The third-order valence-electron chi connectivity index (χ3n) is 1.84. The van der Waals surface area contributed by atoms with Gasteiger partial charge in [0.25, 0.3) is 5.56 Å². The van der Waals surface area contributed by atoms with E-state index in [1.807, 2.05) is 0 Å². The predicted molar refractivity (Wildman–Crippen MR) is 62.1 cm³/mol. The van der Waals surface area contributed by atoms with Crippen LogP contribution in [-0.4, -0.2) is 19.4 Å². The highest BCUT2D eigenvalue weighted by atomic mass is 35.5. The van der Waals surface area contributed by atoms with Crippen LogP contribution in [0.25, 0.3) is 0 Å². The number of rotatable bonds is 4. The lowest BCUT2D eigenvalue weighted by Crippen LogP contribution is -2.31. The van der Waals surface area contributed by atoms with Crippen LogP contribution >= 0.6 is 11.6 Å². The molecule has 0 fully saturated rings. The fraction of sp³-hybridized carbons (Fsp3) is 0.222. The van der Waals surface area contributed by atoms with E-state index >= 15 is 0 Å². The highest BCUT2D eigenvalue weighted by Crippen LogP contribution is 2.10. The minimum atomic E-state index is -3.69. The van der Waals surface area contributed by atoms with Gasteiger partial charge in [-0.25, -0.2) is 13.1 Å². The Hall–Kier alpha value is -1.11. The minimum Gasteiger partial charge on any atom is -0.326 e. The van der Waals surface area contributed by atoms with E-state index in [0.717, 1.165) is 12.3 Å². The number of sulfonamides is 1. The van der Waals surface area contributed by atoms with Gasteiger partial charge in [-0.15, -0.1) is 6.58 Å². The maximum Gasteiger partial charge on any atom is 0.266 e. The van der Waals surface area contributed by atoms with Gasteiger partial charge in [-0.05, 0) is 13.0 Å². The summed E-state index contributed by atoms with van der Waals surface area (Å²) in [6, 6.07) is 0.689. The molecule has 1 aromatic rings. The fourth-order valence-corrected chi connectivity index (χ4v) is 2.40. The highest BCUT2D eigenvalue weighted by Gasteiger charge is 2.17. The standard InChI is InChI=1S/C9H11ClN2O3S/c1-3-6(2)12-16(14,15)7-4-8(10)9(13)11-5-7/h3-6,12H,1H2,2H3,(H,11,13). The summed E-state index contributed by atoms with van der Waals surface area (Å²) in [6.07, 6.45) is 2.54. The lowest BCUT2D eigenvalue weighted by Gasteiger charge is -2.09. The van der Waals surface area contributed by atoms with Gasteiger partial charge in [-0.2, -0.15) is 0 Å². The first-order valence-electron chi connectivity index (χ1n) is 4.40. The molecule has 2 N–H and O–H groups in total. The van der Waals surface area contributed by atoms with Gasteiger partial charge < -0.3 is 4.98 Å². The molecule has 5 nitrogen and oxygen atoms in total. The molecule has 0 saturated heterocycles. The molecule has 1 unspecified atom stereocenters. The van der Waals surface area contributed by atoms with Crippen LogP contribution < -0.4 is 10.3 Å². The second kappa shape index (κ2) is 4.82. The van der Waals surface area contributed by atoms with E-state index in [0.29, 0.717) is 0 Å². The van der Waals surface area contributed by atoms with Gasteiger partial charge in [-0.3, -0.25) is 4.79 Å². The number of halogens is 1. The number of aromatic amines is 1. The monoisotopic (exact) mass is 262 g/mol. The Labute approximate surface area is 98.2 Å². The van der Waals surface area contributed by atoms with Crippen LogP contribution in [0.2, 0.25) is 5.02 Å². The zero-order valence-electron chi connectivity index (χ0n) is 8.53. The van der Waals surface area contributed by atoms with E-state index in [1.54, 1.807) is 6.92 Å². The number of aromatic nitrogens is 1. The molecule has 0 aliphatic carbocycles. The Morgan fingerprint density at radius 1 is 1.62 bits per heavy atom. The van der Waals surface area contributed by atoms with Crippen molar-refractivity contribution in [2.45, 2.75) is 17.9 Å². The lowest BCUT2D eigenvalue weighted by atomic mass is 10.4. The van der Waals surface area contributed by atoms with Gasteiger partial charge in [0.1, 0.15) is 5.02 Å². The van der Waals surface area contributed by atoms with Crippen molar-refractivity contribution in [1.82, 2.24) is 9.71 Å². The van der Waals surface area contributed by atoms with Gasteiger partial charge in [0.15, 0.2) is 0 Å². The molecule has 0 amide bonds. The summed E-state index contributed by atoms with van der Waals surface area (Å²) in [6.45, 7) is 5.10. The van der Waals surface area contributed by atoms with Crippen molar-refractivity contribution >= 4 is 21.6 Å². The predicted octanol–water partition coefficient (Wildman–Crippen LogP) is 0.881. The minimum absolute atomic E-state index is 0.0919. The average Bonchev–Trinajstić information content (AvgIpc) is 2.21. The number of pyridine rings is 1. The van der Waals surface area contributed by atoms with E-state index in [-0.39, 0.29) is 9.92 Å². The summed E-state index contributed by atoms with van der Waals surface area (Å²) in [5.41, 5.74) is -0.530.